The minimum Gasteiger partial charge on any atom is -0.508 e. The lowest BCUT2D eigenvalue weighted by atomic mass is 9.77. The van der Waals surface area contributed by atoms with Crippen molar-refractivity contribution in [1.29, 1.82) is 0 Å². The number of rotatable bonds is 13. The first-order valence-electron chi connectivity index (χ1n) is 15.0. The summed E-state index contributed by atoms with van der Waals surface area (Å²) < 4.78 is 12.3. The van der Waals surface area contributed by atoms with E-state index in [2.05, 4.69) is 12.2 Å². The van der Waals surface area contributed by atoms with E-state index in [1.807, 2.05) is 12.1 Å². The predicted molar refractivity (Wildman–Crippen MR) is 158 cm³/mol. The van der Waals surface area contributed by atoms with E-state index >= 15 is 0 Å². The second-order valence-electron chi connectivity index (χ2n) is 11.1. The Bertz CT molecular complexity index is 1420. The monoisotopic (exact) mass is 557 g/mol. The fourth-order valence-corrected chi connectivity index (χ4v) is 5.99. The number of carbonyl (C=O) groups is 2. The molecule has 0 saturated carbocycles. The van der Waals surface area contributed by atoms with Crippen molar-refractivity contribution in [2.24, 2.45) is 0 Å². The molecule has 3 aromatic carbocycles. The Balaban J connectivity index is 1.29. The Morgan fingerprint density at radius 3 is 2.20 bits per heavy atom. The van der Waals surface area contributed by atoms with Crippen LogP contribution >= 0.6 is 0 Å². The zero-order chi connectivity index (χ0) is 28.8. The van der Waals surface area contributed by atoms with E-state index in [0.717, 1.165) is 19.3 Å². The first kappa shape index (κ1) is 28.5. The van der Waals surface area contributed by atoms with Gasteiger partial charge in [0.25, 0.3) is 0 Å². The number of aromatic hydroxyl groups is 2. The van der Waals surface area contributed by atoms with Crippen LogP contribution in [0.2, 0.25) is 0 Å². The van der Waals surface area contributed by atoms with Crippen molar-refractivity contribution in [3.8, 4) is 23.0 Å². The van der Waals surface area contributed by atoms with Crippen molar-refractivity contribution in [2.75, 3.05) is 5.32 Å². The highest BCUT2D eigenvalue weighted by Gasteiger charge is 2.54. The van der Waals surface area contributed by atoms with Crippen molar-refractivity contribution < 1.29 is 29.3 Å². The molecule has 0 bridgehead atoms. The Kier molecular flexibility index (Phi) is 8.81. The van der Waals surface area contributed by atoms with E-state index in [4.69, 9.17) is 9.47 Å². The molecule has 41 heavy (non-hydrogen) atoms. The first-order chi connectivity index (χ1) is 20.0. The molecule has 5 rings (SSSR count). The largest absolute Gasteiger partial charge is 0.508 e. The molecular weight excluding hydrogens is 518 g/mol. The van der Waals surface area contributed by atoms with Crippen LogP contribution in [0.5, 0.6) is 23.0 Å². The van der Waals surface area contributed by atoms with Crippen molar-refractivity contribution in [2.45, 2.75) is 89.6 Å². The summed E-state index contributed by atoms with van der Waals surface area (Å²) in [6.07, 6.45) is 13.4. The lowest BCUT2D eigenvalue weighted by Crippen LogP contribution is -2.33. The van der Waals surface area contributed by atoms with Crippen molar-refractivity contribution in [3.05, 3.63) is 76.9 Å². The van der Waals surface area contributed by atoms with Gasteiger partial charge in [-0.3, -0.25) is 4.79 Å². The maximum Gasteiger partial charge on any atom is 0.340 e. The SMILES string of the molecule is CCCCCCCCCCCCCC(=O)Nc1c(O)ccc2c1Oc1cc(O)ccc1C21OC(=O)c2ccccc21. The van der Waals surface area contributed by atoms with Gasteiger partial charge in [0.2, 0.25) is 5.91 Å². The molecule has 2 heterocycles. The highest BCUT2D eigenvalue weighted by atomic mass is 16.6. The molecule has 2 aliphatic heterocycles. The molecule has 0 radical (unpaired) electrons. The third kappa shape index (κ3) is 5.76. The number of ether oxygens (including phenoxy) is 2. The number of fused-ring (bicyclic) bond motifs is 6. The summed E-state index contributed by atoms with van der Waals surface area (Å²) in [5, 5.41) is 23.9. The van der Waals surface area contributed by atoms with Crippen LogP contribution in [-0.4, -0.2) is 22.1 Å². The minimum absolute atomic E-state index is 0.0257. The Morgan fingerprint density at radius 1 is 0.805 bits per heavy atom. The summed E-state index contributed by atoms with van der Waals surface area (Å²) >= 11 is 0. The van der Waals surface area contributed by atoms with Crippen LogP contribution in [0.3, 0.4) is 0 Å². The van der Waals surface area contributed by atoms with Gasteiger partial charge in [0, 0.05) is 23.6 Å². The normalized spacial score (nSPS) is 16.5. The van der Waals surface area contributed by atoms with Crippen molar-refractivity contribution >= 4 is 17.6 Å². The minimum atomic E-state index is -1.35. The lowest BCUT2D eigenvalue weighted by molar-refractivity contribution is -0.116. The van der Waals surface area contributed by atoms with E-state index in [1.165, 1.54) is 69.6 Å². The van der Waals surface area contributed by atoms with Crippen LogP contribution in [0, 0.1) is 0 Å². The van der Waals surface area contributed by atoms with Crippen LogP contribution in [-0.2, 0) is 15.1 Å². The van der Waals surface area contributed by atoms with Gasteiger partial charge in [-0.25, -0.2) is 4.79 Å². The number of phenols is 2. The number of hydrogen-bond donors (Lipinski definition) is 3. The van der Waals surface area contributed by atoms with Gasteiger partial charge >= 0.3 is 5.97 Å². The number of anilines is 1. The topological polar surface area (TPSA) is 105 Å². The molecule has 0 aliphatic carbocycles. The van der Waals surface area contributed by atoms with Gasteiger partial charge in [-0.1, -0.05) is 89.3 Å². The molecule has 0 aromatic heterocycles. The maximum atomic E-state index is 13.0. The molecular formula is C34H39NO6. The lowest BCUT2D eigenvalue weighted by Gasteiger charge is -2.37. The Hall–Kier alpha value is -4.00. The summed E-state index contributed by atoms with van der Waals surface area (Å²) in [7, 11) is 0. The van der Waals surface area contributed by atoms with Gasteiger partial charge in [0.1, 0.15) is 22.9 Å². The van der Waals surface area contributed by atoms with Gasteiger partial charge < -0.3 is 25.0 Å². The molecule has 1 amide bonds. The molecule has 3 aromatic rings. The van der Waals surface area contributed by atoms with Gasteiger partial charge in [0.15, 0.2) is 11.4 Å². The fourth-order valence-electron chi connectivity index (χ4n) is 5.99. The molecule has 216 valence electrons. The number of benzene rings is 3. The summed E-state index contributed by atoms with van der Waals surface area (Å²) in [4.78, 5) is 26.0. The number of esters is 1. The van der Waals surface area contributed by atoms with Crippen molar-refractivity contribution in [3.63, 3.8) is 0 Å². The van der Waals surface area contributed by atoms with Gasteiger partial charge in [-0.05, 0) is 36.8 Å². The molecule has 7 nitrogen and oxygen atoms in total. The van der Waals surface area contributed by atoms with Crippen LogP contribution < -0.4 is 10.1 Å². The molecule has 1 spiro atoms. The zero-order valence-electron chi connectivity index (χ0n) is 23.7. The predicted octanol–water partition coefficient (Wildman–Crippen LogP) is 8.31. The van der Waals surface area contributed by atoms with Crippen LogP contribution in [0.4, 0.5) is 5.69 Å². The number of nitrogens with one attached hydrogen (secondary N) is 1. The first-order valence-corrected chi connectivity index (χ1v) is 15.0. The molecule has 7 heteroatoms. The fraction of sp³-hybridized carbons (Fsp3) is 0.412. The highest BCUT2D eigenvalue weighted by molar-refractivity contribution is 5.99. The molecule has 1 unspecified atom stereocenters. The van der Waals surface area contributed by atoms with E-state index in [9.17, 15) is 19.8 Å². The third-order valence-electron chi connectivity index (χ3n) is 8.12. The van der Waals surface area contributed by atoms with E-state index in [1.54, 1.807) is 24.3 Å². The number of amides is 1. The summed E-state index contributed by atoms with van der Waals surface area (Å²) in [5.41, 5.74) is 0.846. The van der Waals surface area contributed by atoms with Crippen LogP contribution in [0.1, 0.15) is 111 Å². The standard InChI is InChI=1S/C34H39NO6/c1-2-3-4-5-6-7-8-9-10-11-12-17-30(38)35-31-28(37)21-20-27-32(31)40-29-22-23(36)18-19-26(29)34(27)25-16-14-13-15-24(25)33(39)41-34/h13-16,18-22,36-37H,2-12,17H2,1H3,(H,35,38). The zero-order valence-corrected chi connectivity index (χ0v) is 23.7. The molecule has 0 fully saturated rings. The quantitative estimate of drug-likeness (QED) is 0.111. The number of unbranched alkanes of at least 4 members (excludes halogenated alkanes) is 10. The number of phenolic OH excluding ortho intramolecular Hbond substituents is 2. The summed E-state index contributed by atoms with van der Waals surface area (Å²) in [5.74, 6) is -0.446. The Labute approximate surface area is 241 Å². The van der Waals surface area contributed by atoms with E-state index in [-0.39, 0.29) is 34.6 Å². The second kappa shape index (κ2) is 12.7. The van der Waals surface area contributed by atoms with Crippen LogP contribution in [0.15, 0.2) is 54.6 Å². The van der Waals surface area contributed by atoms with E-state index < -0.39 is 11.6 Å². The Morgan fingerprint density at radius 2 is 1.46 bits per heavy atom. The second-order valence-corrected chi connectivity index (χ2v) is 11.1. The smallest absolute Gasteiger partial charge is 0.340 e. The molecule has 2 aliphatic rings. The number of hydrogen-bond acceptors (Lipinski definition) is 6. The average molecular weight is 558 g/mol. The molecule has 1 atom stereocenters. The van der Waals surface area contributed by atoms with Gasteiger partial charge in [-0.15, -0.1) is 0 Å². The average Bonchev–Trinajstić information content (AvgIpc) is 3.26. The molecule has 0 saturated heterocycles. The number of carbonyl (C=O) groups excluding carboxylic acids is 2. The third-order valence-corrected chi connectivity index (χ3v) is 8.12. The maximum absolute atomic E-state index is 13.0. The van der Waals surface area contributed by atoms with Gasteiger partial charge in [0.05, 0.1) is 11.1 Å². The molecule has 3 N–H and O–H groups in total. The summed E-state index contributed by atoms with van der Waals surface area (Å²) in [6, 6.07) is 14.9. The van der Waals surface area contributed by atoms with E-state index in [0.29, 0.717) is 28.7 Å². The highest BCUT2D eigenvalue weighted by Crippen LogP contribution is 2.59. The van der Waals surface area contributed by atoms with Crippen LogP contribution in [0.25, 0.3) is 0 Å². The van der Waals surface area contributed by atoms with Crippen molar-refractivity contribution in [1.82, 2.24) is 0 Å². The van der Waals surface area contributed by atoms with Gasteiger partial charge in [-0.2, -0.15) is 0 Å². The summed E-state index contributed by atoms with van der Waals surface area (Å²) in [6.45, 7) is 2.23.